The number of oxazole rings is 1. The Bertz CT molecular complexity index is 1160. The molecule has 0 saturated heterocycles. The van der Waals surface area contributed by atoms with E-state index < -0.39 is 20.7 Å². The number of hydrogen-bond donors (Lipinski definition) is 1. The number of nitro benzene ring substituents is 1. The van der Waals surface area contributed by atoms with Crippen LogP contribution in [0.2, 0.25) is 0 Å². The smallest absolute Gasteiger partial charge is 0.408 e. The monoisotopic (exact) mass is 377 g/mol. The van der Waals surface area contributed by atoms with Gasteiger partial charge in [0.1, 0.15) is 0 Å². The van der Waals surface area contributed by atoms with E-state index in [1.54, 1.807) is 19.9 Å². The second kappa shape index (κ2) is 6.30. The first kappa shape index (κ1) is 17.7. The number of non-ortho nitro benzene ring substituents is 1. The van der Waals surface area contributed by atoms with Crippen LogP contribution in [-0.4, -0.2) is 17.9 Å². The van der Waals surface area contributed by atoms with Crippen molar-refractivity contribution >= 4 is 32.5 Å². The Labute approximate surface area is 148 Å². The molecule has 0 aliphatic carbocycles. The zero-order valence-electron chi connectivity index (χ0n) is 13.9. The fourth-order valence-corrected chi connectivity index (χ4v) is 3.95. The Morgan fingerprint density at radius 2 is 1.88 bits per heavy atom. The molecule has 3 aromatic rings. The third-order valence-electron chi connectivity index (χ3n) is 3.90. The molecule has 0 unspecified atom stereocenters. The van der Waals surface area contributed by atoms with Gasteiger partial charge in [0, 0.05) is 30.4 Å². The standard InChI is InChI=1S/C16H15N3O6S/c1-3-18-13-8-10(2)15(9-14(13)25-16(18)20)26(23,24)17-11-4-6-12(7-5-11)19(21)22/h4-9,17H,3H2,1-2H3. The molecule has 0 amide bonds. The molecule has 26 heavy (non-hydrogen) atoms. The van der Waals surface area contributed by atoms with Gasteiger partial charge in [0.05, 0.1) is 15.3 Å². The number of aryl methyl sites for hydroxylation is 2. The van der Waals surface area contributed by atoms with Crippen LogP contribution < -0.4 is 10.5 Å². The van der Waals surface area contributed by atoms with E-state index >= 15 is 0 Å². The number of rotatable bonds is 5. The summed E-state index contributed by atoms with van der Waals surface area (Å²) in [4.78, 5) is 21.9. The molecule has 0 spiro atoms. The lowest BCUT2D eigenvalue weighted by molar-refractivity contribution is -0.384. The highest BCUT2D eigenvalue weighted by Crippen LogP contribution is 2.25. The molecule has 10 heteroatoms. The van der Waals surface area contributed by atoms with Crippen molar-refractivity contribution in [3.63, 3.8) is 0 Å². The Balaban J connectivity index is 2.02. The van der Waals surface area contributed by atoms with Crippen molar-refractivity contribution in [2.24, 2.45) is 0 Å². The summed E-state index contributed by atoms with van der Waals surface area (Å²) in [6.07, 6.45) is 0. The van der Waals surface area contributed by atoms with Crippen molar-refractivity contribution < 1.29 is 17.8 Å². The minimum atomic E-state index is -3.97. The Morgan fingerprint density at radius 3 is 2.46 bits per heavy atom. The number of sulfonamides is 1. The van der Waals surface area contributed by atoms with Gasteiger partial charge in [-0.05, 0) is 37.6 Å². The maximum atomic E-state index is 12.7. The third kappa shape index (κ3) is 3.06. The molecule has 3 rings (SSSR count). The summed E-state index contributed by atoms with van der Waals surface area (Å²) in [7, 11) is -3.97. The lowest BCUT2D eigenvalue weighted by Crippen LogP contribution is -2.14. The lowest BCUT2D eigenvalue weighted by atomic mass is 10.2. The normalized spacial score (nSPS) is 11.6. The van der Waals surface area contributed by atoms with Gasteiger partial charge in [0.15, 0.2) is 5.58 Å². The van der Waals surface area contributed by atoms with E-state index in [-0.39, 0.29) is 21.9 Å². The summed E-state index contributed by atoms with van der Waals surface area (Å²) < 4.78 is 34.2. The molecule has 1 heterocycles. The first-order valence-corrected chi connectivity index (χ1v) is 9.12. The summed E-state index contributed by atoms with van der Waals surface area (Å²) in [5.41, 5.74) is 1.17. The van der Waals surface area contributed by atoms with Gasteiger partial charge >= 0.3 is 5.76 Å². The van der Waals surface area contributed by atoms with E-state index in [0.29, 0.717) is 17.6 Å². The second-order valence-corrected chi connectivity index (χ2v) is 7.26. The van der Waals surface area contributed by atoms with E-state index in [0.717, 1.165) is 0 Å². The second-order valence-electron chi connectivity index (χ2n) is 5.61. The molecule has 136 valence electrons. The summed E-state index contributed by atoms with van der Waals surface area (Å²) in [6, 6.07) is 7.89. The number of nitro groups is 1. The summed E-state index contributed by atoms with van der Waals surface area (Å²) in [5, 5.41) is 10.7. The average molecular weight is 377 g/mol. The molecular formula is C16H15N3O6S. The van der Waals surface area contributed by atoms with Gasteiger partial charge in [-0.3, -0.25) is 19.4 Å². The van der Waals surface area contributed by atoms with Crippen LogP contribution in [0.15, 0.2) is 50.5 Å². The van der Waals surface area contributed by atoms with Gasteiger partial charge in [-0.15, -0.1) is 0 Å². The van der Waals surface area contributed by atoms with Gasteiger partial charge in [0.2, 0.25) is 0 Å². The minimum absolute atomic E-state index is 0.0413. The van der Waals surface area contributed by atoms with Gasteiger partial charge in [-0.2, -0.15) is 0 Å². The Morgan fingerprint density at radius 1 is 1.23 bits per heavy atom. The quantitative estimate of drug-likeness (QED) is 0.538. The molecule has 1 N–H and O–H groups in total. The molecule has 0 saturated carbocycles. The van der Waals surface area contributed by atoms with E-state index in [9.17, 15) is 23.3 Å². The van der Waals surface area contributed by atoms with Crippen LogP contribution in [0.5, 0.6) is 0 Å². The molecule has 1 aromatic heterocycles. The largest absolute Gasteiger partial charge is 0.419 e. The molecule has 9 nitrogen and oxygen atoms in total. The first-order chi connectivity index (χ1) is 12.2. The molecule has 2 aromatic carbocycles. The molecule has 0 radical (unpaired) electrons. The minimum Gasteiger partial charge on any atom is -0.408 e. The molecular weight excluding hydrogens is 362 g/mol. The van der Waals surface area contributed by atoms with Gasteiger partial charge < -0.3 is 4.42 Å². The maximum absolute atomic E-state index is 12.7. The van der Waals surface area contributed by atoms with Crippen molar-refractivity contribution in [1.82, 2.24) is 4.57 Å². The Kier molecular flexibility index (Phi) is 4.28. The molecule has 0 fully saturated rings. The van der Waals surface area contributed by atoms with E-state index in [1.165, 1.54) is 34.9 Å². The van der Waals surface area contributed by atoms with Crippen LogP contribution in [0.25, 0.3) is 11.1 Å². The fourth-order valence-electron chi connectivity index (χ4n) is 2.64. The zero-order chi connectivity index (χ0) is 19.1. The average Bonchev–Trinajstić information content (AvgIpc) is 2.88. The summed E-state index contributed by atoms with van der Waals surface area (Å²) in [5.74, 6) is -0.556. The van der Waals surface area contributed by atoms with Gasteiger partial charge in [-0.1, -0.05) is 0 Å². The van der Waals surface area contributed by atoms with Crippen molar-refractivity contribution in [2.45, 2.75) is 25.3 Å². The highest BCUT2D eigenvalue weighted by molar-refractivity contribution is 7.92. The Hall–Kier alpha value is -3.14. The topological polar surface area (TPSA) is 124 Å². The van der Waals surface area contributed by atoms with Crippen molar-refractivity contribution in [3.8, 4) is 0 Å². The van der Waals surface area contributed by atoms with Crippen molar-refractivity contribution in [1.29, 1.82) is 0 Å². The number of fused-ring (bicyclic) bond motifs is 1. The van der Waals surface area contributed by atoms with Crippen molar-refractivity contribution in [2.75, 3.05) is 4.72 Å². The number of nitrogens with one attached hydrogen (secondary N) is 1. The number of anilines is 1. The van der Waals surface area contributed by atoms with E-state index in [2.05, 4.69) is 4.72 Å². The van der Waals surface area contributed by atoms with Crippen LogP contribution in [0.3, 0.4) is 0 Å². The van der Waals surface area contributed by atoms with Crippen LogP contribution in [0, 0.1) is 17.0 Å². The third-order valence-corrected chi connectivity index (χ3v) is 5.42. The zero-order valence-corrected chi connectivity index (χ0v) is 14.7. The highest BCUT2D eigenvalue weighted by Gasteiger charge is 2.21. The van der Waals surface area contributed by atoms with Crippen LogP contribution in [0.4, 0.5) is 11.4 Å². The SMILES string of the molecule is CCn1c(=O)oc2cc(S(=O)(=O)Nc3ccc([N+](=O)[O-])cc3)c(C)cc21. The van der Waals surface area contributed by atoms with Crippen LogP contribution >= 0.6 is 0 Å². The first-order valence-electron chi connectivity index (χ1n) is 7.64. The number of benzene rings is 2. The summed E-state index contributed by atoms with van der Waals surface area (Å²) in [6.45, 7) is 3.80. The lowest BCUT2D eigenvalue weighted by Gasteiger charge is -2.10. The maximum Gasteiger partial charge on any atom is 0.419 e. The molecule has 0 aliphatic rings. The van der Waals surface area contributed by atoms with Gasteiger partial charge in [-0.25, -0.2) is 13.2 Å². The van der Waals surface area contributed by atoms with Crippen molar-refractivity contribution in [3.05, 3.63) is 62.6 Å². The molecule has 0 aliphatic heterocycles. The number of aromatic nitrogens is 1. The fraction of sp³-hybridized carbons (Fsp3) is 0.188. The molecule has 0 atom stereocenters. The number of hydrogen-bond acceptors (Lipinski definition) is 6. The van der Waals surface area contributed by atoms with E-state index in [4.69, 9.17) is 4.42 Å². The van der Waals surface area contributed by atoms with E-state index in [1.807, 2.05) is 0 Å². The van der Waals surface area contributed by atoms with Gasteiger partial charge in [0.25, 0.3) is 15.7 Å². The highest BCUT2D eigenvalue weighted by atomic mass is 32.2. The van der Waals surface area contributed by atoms with Crippen LogP contribution in [0.1, 0.15) is 12.5 Å². The van der Waals surface area contributed by atoms with Crippen LogP contribution in [-0.2, 0) is 16.6 Å². The predicted octanol–water partition coefficient (Wildman–Crippen LogP) is 2.63. The predicted molar refractivity (Wildman–Crippen MR) is 94.8 cm³/mol. The molecule has 0 bridgehead atoms. The number of nitrogens with zero attached hydrogens (tertiary/aromatic N) is 2. The summed E-state index contributed by atoms with van der Waals surface area (Å²) >= 11 is 0.